The molecule has 1 N–H and O–H groups in total. The molecule has 1 aromatic carbocycles. The van der Waals surface area contributed by atoms with E-state index < -0.39 is 5.97 Å². The fourth-order valence-corrected chi connectivity index (χ4v) is 2.30. The van der Waals surface area contributed by atoms with Crippen LogP contribution in [0.4, 0.5) is 5.69 Å². The lowest BCUT2D eigenvalue weighted by Gasteiger charge is -2.19. The van der Waals surface area contributed by atoms with Crippen molar-refractivity contribution in [2.24, 2.45) is 0 Å². The molecule has 0 amide bonds. The topological polar surface area (TPSA) is 43.6 Å². The zero-order valence-electron chi connectivity index (χ0n) is 11.1. The van der Waals surface area contributed by atoms with Gasteiger partial charge in [-0.05, 0) is 32.9 Å². The molecule has 18 heavy (non-hydrogen) atoms. The Bertz CT molecular complexity index is 486. The zero-order valence-corrected chi connectivity index (χ0v) is 11.1. The molecule has 0 saturated heterocycles. The molecule has 96 valence electrons. The van der Waals surface area contributed by atoms with E-state index in [1.807, 2.05) is 60.6 Å². The van der Waals surface area contributed by atoms with Gasteiger partial charge in [-0.1, -0.05) is 18.2 Å². The number of carboxylic acids is 1. The summed E-state index contributed by atoms with van der Waals surface area (Å²) in [6.07, 6.45) is 0. The predicted molar refractivity (Wildman–Crippen MR) is 71.3 cm³/mol. The average Bonchev–Trinajstić information content (AvgIpc) is 2.74. The number of carbonyl (C=O) groups is 1. The molecular formula is C14H19N2O2+. The molecule has 1 heterocycles. The molecule has 0 aliphatic carbocycles. The lowest BCUT2D eigenvalue weighted by Crippen LogP contribution is -2.41. The van der Waals surface area contributed by atoms with E-state index in [0.29, 0.717) is 12.4 Å². The van der Waals surface area contributed by atoms with Crippen LogP contribution >= 0.6 is 0 Å². The highest BCUT2D eigenvalue weighted by atomic mass is 16.4. The number of carboxylic acid groups (broad SMARTS) is 1. The van der Waals surface area contributed by atoms with Crippen LogP contribution in [-0.2, 0) is 4.79 Å². The monoisotopic (exact) mass is 247 g/mol. The quantitative estimate of drug-likeness (QED) is 0.810. The standard InChI is InChI=1S/C14H18N2O2/c1-14(2,3)16-10-9-15(12(16)13(17)18)11-7-5-4-6-8-11/h4-8H,9-10H2,1-3H3/p+1. The number of hydrogen-bond donors (Lipinski definition) is 1. The van der Waals surface area contributed by atoms with Gasteiger partial charge in [-0.2, -0.15) is 0 Å². The van der Waals surface area contributed by atoms with E-state index >= 15 is 0 Å². The molecule has 0 bridgehead atoms. The summed E-state index contributed by atoms with van der Waals surface area (Å²) < 4.78 is 1.95. The second-order valence-corrected chi connectivity index (χ2v) is 5.44. The Labute approximate surface area is 107 Å². The van der Waals surface area contributed by atoms with Crippen LogP contribution < -0.4 is 4.90 Å². The van der Waals surface area contributed by atoms with Gasteiger partial charge in [-0.25, -0.2) is 14.3 Å². The minimum absolute atomic E-state index is 0.183. The van der Waals surface area contributed by atoms with Crippen LogP contribution in [0.1, 0.15) is 20.8 Å². The normalized spacial score (nSPS) is 16.3. The fraction of sp³-hybridized carbons (Fsp3) is 0.429. The van der Waals surface area contributed by atoms with Crippen LogP contribution in [0.15, 0.2) is 30.3 Å². The van der Waals surface area contributed by atoms with Gasteiger partial charge in [0, 0.05) is 0 Å². The van der Waals surface area contributed by atoms with Crippen molar-refractivity contribution < 1.29 is 14.5 Å². The van der Waals surface area contributed by atoms with E-state index in [-0.39, 0.29) is 5.54 Å². The molecular weight excluding hydrogens is 228 g/mol. The van der Waals surface area contributed by atoms with Crippen molar-refractivity contribution in [2.75, 3.05) is 18.0 Å². The maximum atomic E-state index is 11.5. The third-order valence-electron chi connectivity index (χ3n) is 3.13. The third-order valence-corrected chi connectivity index (χ3v) is 3.13. The van der Waals surface area contributed by atoms with Crippen molar-refractivity contribution >= 4 is 17.5 Å². The Balaban J connectivity index is 2.47. The molecule has 0 saturated carbocycles. The molecule has 2 rings (SSSR count). The van der Waals surface area contributed by atoms with E-state index in [9.17, 15) is 9.90 Å². The van der Waals surface area contributed by atoms with Crippen LogP contribution in [0.3, 0.4) is 0 Å². The molecule has 4 heteroatoms. The SMILES string of the molecule is CC(C)(C)[N+]1=C(C(=O)O)N(c2ccccc2)CC1. The second-order valence-electron chi connectivity index (χ2n) is 5.44. The van der Waals surface area contributed by atoms with Gasteiger partial charge in [0.25, 0.3) is 0 Å². The first kappa shape index (κ1) is 12.6. The van der Waals surface area contributed by atoms with Crippen molar-refractivity contribution in [3.63, 3.8) is 0 Å². The first-order valence-corrected chi connectivity index (χ1v) is 6.12. The summed E-state index contributed by atoms with van der Waals surface area (Å²) in [6.45, 7) is 7.54. The summed E-state index contributed by atoms with van der Waals surface area (Å²) in [5.41, 5.74) is 0.749. The Kier molecular flexibility index (Phi) is 3.11. The maximum Gasteiger partial charge on any atom is 0.419 e. The number of hydrogen-bond acceptors (Lipinski definition) is 2. The van der Waals surface area contributed by atoms with Gasteiger partial charge in [-0.3, -0.25) is 0 Å². The van der Waals surface area contributed by atoms with Crippen LogP contribution in [0, 0.1) is 0 Å². The molecule has 0 unspecified atom stereocenters. The Hall–Kier alpha value is -1.84. The summed E-state index contributed by atoms with van der Waals surface area (Å²) in [5.74, 6) is -0.500. The van der Waals surface area contributed by atoms with Gasteiger partial charge in [-0.15, -0.1) is 0 Å². The van der Waals surface area contributed by atoms with Crippen molar-refractivity contribution in [3.05, 3.63) is 30.3 Å². The van der Waals surface area contributed by atoms with E-state index in [2.05, 4.69) is 0 Å². The van der Waals surface area contributed by atoms with E-state index in [0.717, 1.165) is 12.2 Å². The van der Waals surface area contributed by atoms with E-state index in [1.54, 1.807) is 0 Å². The molecule has 1 aliphatic heterocycles. The third kappa shape index (κ3) is 2.23. The van der Waals surface area contributed by atoms with Crippen molar-refractivity contribution in [2.45, 2.75) is 26.3 Å². The minimum atomic E-state index is -0.869. The fourth-order valence-electron chi connectivity index (χ4n) is 2.30. The summed E-state index contributed by atoms with van der Waals surface area (Å²) in [4.78, 5) is 13.4. The highest BCUT2D eigenvalue weighted by molar-refractivity contribution is 6.38. The van der Waals surface area contributed by atoms with Gasteiger partial charge in [0.1, 0.15) is 18.8 Å². The maximum absolute atomic E-state index is 11.5. The Morgan fingerprint density at radius 2 is 1.89 bits per heavy atom. The molecule has 1 aromatic rings. The Morgan fingerprint density at radius 3 is 2.39 bits per heavy atom. The highest BCUT2D eigenvalue weighted by Crippen LogP contribution is 2.21. The van der Waals surface area contributed by atoms with Crippen LogP contribution in [0.25, 0.3) is 0 Å². The van der Waals surface area contributed by atoms with Crippen LogP contribution in [-0.4, -0.2) is 40.1 Å². The number of anilines is 1. The van der Waals surface area contributed by atoms with Gasteiger partial charge in [0.2, 0.25) is 0 Å². The molecule has 0 atom stereocenters. The number of amidine groups is 1. The number of rotatable bonds is 2. The number of benzene rings is 1. The summed E-state index contributed by atoms with van der Waals surface area (Å²) in [5, 5.41) is 9.46. The molecule has 0 radical (unpaired) electrons. The second kappa shape index (κ2) is 4.44. The molecule has 1 aliphatic rings. The molecule has 0 aromatic heterocycles. The highest BCUT2D eigenvalue weighted by Gasteiger charge is 2.41. The molecule has 4 nitrogen and oxygen atoms in total. The minimum Gasteiger partial charge on any atom is -0.472 e. The van der Waals surface area contributed by atoms with Gasteiger partial charge >= 0.3 is 11.8 Å². The van der Waals surface area contributed by atoms with Crippen molar-refractivity contribution in [3.8, 4) is 0 Å². The summed E-state index contributed by atoms with van der Waals surface area (Å²) in [7, 11) is 0. The average molecular weight is 247 g/mol. The zero-order chi connectivity index (χ0) is 13.3. The number of aliphatic carboxylic acids is 1. The van der Waals surface area contributed by atoms with Gasteiger partial charge in [0.15, 0.2) is 0 Å². The Morgan fingerprint density at radius 1 is 1.28 bits per heavy atom. The first-order chi connectivity index (χ1) is 8.41. The lowest BCUT2D eigenvalue weighted by molar-refractivity contribution is -0.587. The summed E-state index contributed by atoms with van der Waals surface area (Å²) in [6, 6.07) is 9.66. The van der Waals surface area contributed by atoms with E-state index in [1.165, 1.54) is 0 Å². The number of para-hydroxylation sites is 1. The first-order valence-electron chi connectivity index (χ1n) is 6.12. The molecule has 0 spiro atoms. The van der Waals surface area contributed by atoms with E-state index in [4.69, 9.17) is 0 Å². The predicted octanol–water partition coefficient (Wildman–Crippen LogP) is 1.80. The van der Waals surface area contributed by atoms with Crippen LogP contribution in [0.2, 0.25) is 0 Å². The smallest absolute Gasteiger partial charge is 0.419 e. The van der Waals surface area contributed by atoms with Gasteiger partial charge < -0.3 is 5.11 Å². The molecule has 0 fully saturated rings. The number of nitrogens with zero attached hydrogens (tertiary/aromatic N) is 2. The van der Waals surface area contributed by atoms with Crippen molar-refractivity contribution in [1.29, 1.82) is 0 Å². The van der Waals surface area contributed by atoms with Crippen molar-refractivity contribution in [1.82, 2.24) is 0 Å². The summed E-state index contributed by atoms with van der Waals surface area (Å²) >= 11 is 0. The van der Waals surface area contributed by atoms with Crippen LogP contribution in [0.5, 0.6) is 0 Å². The van der Waals surface area contributed by atoms with Gasteiger partial charge in [0.05, 0.1) is 5.54 Å². The largest absolute Gasteiger partial charge is 0.472 e. The lowest BCUT2D eigenvalue weighted by atomic mass is 10.1.